The van der Waals surface area contributed by atoms with E-state index < -0.39 is 10.0 Å². The molecule has 1 heterocycles. The number of carbonyl (C=O) groups is 1. The van der Waals surface area contributed by atoms with E-state index in [1.807, 2.05) is 0 Å². The van der Waals surface area contributed by atoms with E-state index in [-0.39, 0.29) is 34.5 Å². The fourth-order valence-corrected chi connectivity index (χ4v) is 3.18. The first-order chi connectivity index (χ1) is 11.0. The minimum Gasteiger partial charge on any atom is -0.495 e. The van der Waals surface area contributed by atoms with Gasteiger partial charge in [0.2, 0.25) is 10.0 Å². The van der Waals surface area contributed by atoms with E-state index >= 15 is 0 Å². The van der Waals surface area contributed by atoms with Gasteiger partial charge in [0.1, 0.15) is 10.6 Å². The molecule has 1 aromatic carbocycles. The van der Waals surface area contributed by atoms with Crippen molar-refractivity contribution in [2.24, 2.45) is 0 Å². The number of carbonyl (C=O) groups excluding carboxylic acids is 1. The second-order valence-corrected chi connectivity index (χ2v) is 6.93. The van der Waals surface area contributed by atoms with Crippen molar-refractivity contribution in [1.82, 2.24) is 15.4 Å². The van der Waals surface area contributed by atoms with Gasteiger partial charge in [0, 0.05) is 18.7 Å². The molecular weight excluding hydrogens is 354 g/mol. The fraction of sp³-hybridized carbons (Fsp3) is 0.400. The van der Waals surface area contributed by atoms with Gasteiger partial charge in [-0.25, -0.2) is 13.1 Å². The highest BCUT2D eigenvalue weighted by molar-refractivity contribution is 7.89. The SMILES string of the molecule is CNS(=O)(=O)c1cc(C(=O)NCC2=CCNCC2)ccc1OC.Cl. The van der Waals surface area contributed by atoms with Gasteiger partial charge in [-0.3, -0.25) is 4.79 Å². The van der Waals surface area contributed by atoms with Gasteiger partial charge in [0.15, 0.2) is 0 Å². The third-order valence-electron chi connectivity index (χ3n) is 3.62. The molecule has 1 aliphatic heterocycles. The fourth-order valence-electron chi connectivity index (χ4n) is 2.26. The van der Waals surface area contributed by atoms with Crippen LogP contribution >= 0.6 is 12.4 Å². The third kappa shape index (κ3) is 4.94. The zero-order valence-corrected chi connectivity index (χ0v) is 15.2. The van der Waals surface area contributed by atoms with Gasteiger partial charge < -0.3 is 15.4 Å². The molecule has 0 fully saturated rings. The molecule has 9 heteroatoms. The predicted molar refractivity (Wildman–Crippen MR) is 94.4 cm³/mol. The maximum Gasteiger partial charge on any atom is 0.251 e. The molecule has 1 aromatic rings. The standard InChI is InChI=1S/C15H21N3O4S.ClH/c1-16-23(20,21)14-9-12(3-4-13(14)22-2)15(19)18-10-11-5-7-17-8-6-11;/h3-5,9,16-17H,6-8,10H2,1-2H3,(H,18,19);1H. The van der Waals surface area contributed by atoms with Crippen LogP contribution in [0.4, 0.5) is 0 Å². The van der Waals surface area contributed by atoms with Gasteiger partial charge in [0.05, 0.1) is 7.11 Å². The lowest BCUT2D eigenvalue weighted by Gasteiger charge is -2.15. The van der Waals surface area contributed by atoms with Crippen molar-refractivity contribution in [3.05, 3.63) is 35.4 Å². The first-order valence-electron chi connectivity index (χ1n) is 7.26. The van der Waals surface area contributed by atoms with Crippen molar-refractivity contribution in [3.63, 3.8) is 0 Å². The van der Waals surface area contributed by atoms with E-state index in [4.69, 9.17) is 4.74 Å². The molecule has 0 spiro atoms. The molecule has 24 heavy (non-hydrogen) atoms. The first kappa shape index (κ1) is 20.4. The molecule has 0 radical (unpaired) electrons. The van der Waals surface area contributed by atoms with E-state index in [1.165, 1.54) is 26.3 Å². The van der Waals surface area contributed by atoms with E-state index in [1.54, 1.807) is 6.07 Å². The van der Waals surface area contributed by atoms with Crippen LogP contribution in [-0.2, 0) is 10.0 Å². The molecule has 1 amide bonds. The van der Waals surface area contributed by atoms with Crippen molar-refractivity contribution in [3.8, 4) is 5.75 Å². The summed E-state index contributed by atoms with van der Waals surface area (Å²) in [7, 11) is -1.01. The number of rotatable bonds is 6. The van der Waals surface area contributed by atoms with E-state index in [2.05, 4.69) is 21.4 Å². The summed E-state index contributed by atoms with van der Waals surface area (Å²) in [6, 6.07) is 4.33. The highest BCUT2D eigenvalue weighted by Crippen LogP contribution is 2.24. The summed E-state index contributed by atoms with van der Waals surface area (Å²) < 4.78 is 31.3. The molecule has 0 aromatic heterocycles. The van der Waals surface area contributed by atoms with Crippen LogP contribution in [0.15, 0.2) is 34.7 Å². The lowest BCUT2D eigenvalue weighted by Crippen LogP contribution is -2.30. The number of hydrogen-bond acceptors (Lipinski definition) is 5. The Labute approximate surface area is 148 Å². The van der Waals surface area contributed by atoms with Crippen LogP contribution in [0.2, 0.25) is 0 Å². The Bertz CT molecular complexity index is 719. The van der Waals surface area contributed by atoms with Gasteiger partial charge in [0.25, 0.3) is 5.91 Å². The van der Waals surface area contributed by atoms with Crippen molar-refractivity contribution >= 4 is 28.3 Å². The maximum atomic E-state index is 12.2. The summed E-state index contributed by atoms with van der Waals surface area (Å²) >= 11 is 0. The topological polar surface area (TPSA) is 96.5 Å². The minimum absolute atomic E-state index is 0. The minimum atomic E-state index is -3.71. The molecule has 0 aliphatic carbocycles. The highest BCUT2D eigenvalue weighted by Gasteiger charge is 2.20. The smallest absolute Gasteiger partial charge is 0.251 e. The van der Waals surface area contributed by atoms with Crippen LogP contribution in [0.1, 0.15) is 16.8 Å². The molecule has 1 aliphatic rings. The summed E-state index contributed by atoms with van der Waals surface area (Å²) in [5, 5.41) is 6.01. The summed E-state index contributed by atoms with van der Waals surface area (Å²) in [4.78, 5) is 12.2. The number of nitrogens with one attached hydrogen (secondary N) is 3. The monoisotopic (exact) mass is 375 g/mol. The molecule has 7 nitrogen and oxygen atoms in total. The lowest BCUT2D eigenvalue weighted by atomic mass is 10.1. The van der Waals surface area contributed by atoms with Gasteiger partial charge in [-0.15, -0.1) is 12.4 Å². The summed E-state index contributed by atoms with van der Waals surface area (Å²) in [6.45, 7) is 2.16. The Morgan fingerprint density at radius 2 is 2.12 bits per heavy atom. The predicted octanol–water partition coefficient (Wildman–Crippen LogP) is 0.675. The molecule has 0 saturated carbocycles. The third-order valence-corrected chi connectivity index (χ3v) is 5.05. The molecule has 2 rings (SSSR count). The average molecular weight is 376 g/mol. The van der Waals surface area contributed by atoms with Gasteiger partial charge in [-0.05, 0) is 38.2 Å². The number of hydrogen-bond donors (Lipinski definition) is 3. The molecule has 0 saturated heterocycles. The van der Waals surface area contributed by atoms with E-state index in [0.717, 1.165) is 25.1 Å². The number of halogens is 1. The highest BCUT2D eigenvalue weighted by atomic mass is 35.5. The van der Waals surface area contributed by atoms with Crippen LogP contribution in [0.3, 0.4) is 0 Å². The van der Waals surface area contributed by atoms with Crippen LogP contribution in [0, 0.1) is 0 Å². The zero-order chi connectivity index (χ0) is 16.9. The van der Waals surface area contributed by atoms with Crippen molar-refractivity contribution in [2.75, 3.05) is 33.8 Å². The lowest BCUT2D eigenvalue weighted by molar-refractivity contribution is 0.0956. The second kappa shape index (κ2) is 9.03. The normalized spacial score (nSPS) is 14.3. The number of amides is 1. The first-order valence-corrected chi connectivity index (χ1v) is 8.74. The van der Waals surface area contributed by atoms with Gasteiger partial charge in [-0.2, -0.15) is 0 Å². The molecular formula is C15H22ClN3O4S. The van der Waals surface area contributed by atoms with Crippen LogP contribution in [0.5, 0.6) is 5.75 Å². The van der Waals surface area contributed by atoms with Crippen molar-refractivity contribution in [1.29, 1.82) is 0 Å². The number of ether oxygens (including phenoxy) is 1. The quantitative estimate of drug-likeness (QED) is 0.635. The zero-order valence-electron chi connectivity index (χ0n) is 13.6. The molecule has 134 valence electrons. The van der Waals surface area contributed by atoms with Crippen LogP contribution in [0.25, 0.3) is 0 Å². The number of benzene rings is 1. The van der Waals surface area contributed by atoms with Crippen molar-refractivity contribution < 1.29 is 17.9 Å². The van der Waals surface area contributed by atoms with Gasteiger partial charge in [-0.1, -0.05) is 11.6 Å². The van der Waals surface area contributed by atoms with Crippen LogP contribution in [-0.4, -0.2) is 48.1 Å². The van der Waals surface area contributed by atoms with Gasteiger partial charge >= 0.3 is 0 Å². The summed E-state index contributed by atoms with van der Waals surface area (Å²) in [6.07, 6.45) is 2.94. The Morgan fingerprint density at radius 1 is 1.38 bits per heavy atom. The Kier molecular flexibility index (Phi) is 7.68. The van der Waals surface area contributed by atoms with Crippen LogP contribution < -0.4 is 20.1 Å². The number of methoxy groups -OCH3 is 1. The molecule has 0 atom stereocenters. The second-order valence-electron chi connectivity index (χ2n) is 5.07. The summed E-state index contributed by atoms with van der Waals surface area (Å²) in [5.41, 5.74) is 1.43. The van der Waals surface area contributed by atoms with E-state index in [9.17, 15) is 13.2 Å². The Balaban J connectivity index is 0.00000288. The largest absolute Gasteiger partial charge is 0.495 e. The Morgan fingerprint density at radius 3 is 2.71 bits per heavy atom. The maximum absolute atomic E-state index is 12.2. The molecule has 0 bridgehead atoms. The summed E-state index contributed by atoms with van der Waals surface area (Å²) in [5.74, 6) is -0.128. The number of sulfonamides is 1. The van der Waals surface area contributed by atoms with E-state index in [0.29, 0.717) is 6.54 Å². The average Bonchev–Trinajstić information content (AvgIpc) is 2.60. The Hall–Kier alpha value is -1.61. The molecule has 3 N–H and O–H groups in total. The van der Waals surface area contributed by atoms with Crippen molar-refractivity contribution in [2.45, 2.75) is 11.3 Å². The molecule has 0 unspecified atom stereocenters.